The topological polar surface area (TPSA) is 82.2 Å². The van der Waals surface area contributed by atoms with E-state index in [1.54, 1.807) is 0 Å². The smallest absolute Gasteiger partial charge is 0.230 e. The molecule has 0 bridgehead atoms. The molecule has 1 saturated carbocycles. The molecule has 1 aliphatic carbocycles. The van der Waals surface area contributed by atoms with Gasteiger partial charge in [0.05, 0.1) is 11.8 Å². The van der Waals surface area contributed by atoms with Gasteiger partial charge in [-0.3, -0.25) is 14.7 Å². The van der Waals surface area contributed by atoms with Crippen LogP contribution in [0.4, 0.5) is 0 Å². The number of piperidine rings is 1. The van der Waals surface area contributed by atoms with Gasteiger partial charge in [-0.1, -0.05) is 19.3 Å². The number of nitrogens with zero attached hydrogens (tertiary/aromatic N) is 4. The average Bonchev–Trinajstić information content (AvgIpc) is 3.25. The van der Waals surface area contributed by atoms with E-state index in [2.05, 4.69) is 20.1 Å². The van der Waals surface area contributed by atoms with Gasteiger partial charge in [0.1, 0.15) is 5.82 Å². The second-order valence-electron chi connectivity index (χ2n) is 8.25. The fourth-order valence-corrected chi connectivity index (χ4v) is 5.02. The minimum Gasteiger partial charge on any atom is -0.341 e. The second kappa shape index (κ2) is 7.00. The first-order valence-corrected chi connectivity index (χ1v) is 10.0. The summed E-state index contributed by atoms with van der Waals surface area (Å²) in [4.78, 5) is 34.2. The van der Waals surface area contributed by atoms with Gasteiger partial charge < -0.3 is 9.80 Å². The fourth-order valence-electron chi connectivity index (χ4n) is 5.02. The van der Waals surface area contributed by atoms with Crippen LogP contribution >= 0.6 is 0 Å². The van der Waals surface area contributed by atoms with Crippen LogP contribution in [0.15, 0.2) is 0 Å². The van der Waals surface area contributed by atoms with Crippen molar-refractivity contribution in [1.82, 2.24) is 25.0 Å². The minimum atomic E-state index is -0.347. The SMILES string of the molecule is Cc1nc(CC(=O)N2CCC3(CCCN(C4CCCCC4)C3=O)C2)n[nH]1. The zero-order valence-corrected chi connectivity index (χ0v) is 15.7. The molecule has 2 aliphatic heterocycles. The molecule has 2 amide bonds. The average molecular weight is 359 g/mol. The molecule has 1 aromatic rings. The summed E-state index contributed by atoms with van der Waals surface area (Å²) in [5.41, 5.74) is -0.347. The standard InChI is InChI=1S/C19H29N5O2/c1-14-20-16(22-21-14)12-17(25)23-11-9-19(13-23)8-5-10-24(18(19)26)15-6-3-2-4-7-15/h15H,2-13H2,1H3,(H,20,21,22). The summed E-state index contributed by atoms with van der Waals surface area (Å²) in [5.74, 6) is 1.59. The third-order valence-corrected chi connectivity index (χ3v) is 6.44. The number of aromatic nitrogens is 3. The van der Waals surface area contributed by atoms with Crippen molar-refractivity contribution in [1.29, 1.82) is 0 Å². The molecule has 26 heavy (non-hydrogen) atoms. The first kappa shape index (κ1) is 17.5. The number of nitrogens with one attached hydrogen (secondary N) is 1. The molecule has 7 heteroatoms. The summed E-state index contributed by atoms with van der Waals surface area (Å²) in [5, 5.41) is 6.84. The van der Waals surface area contributed by atoms with Gasteiger partial charge >= 0.3 is 0 Å². The summed E-state index contributed by atoms with van der Waals surface area (Å²) in [6.07, 6.45) is 9.05. The van der Waals surface area contributed by atoms with E-state index in [0.29, 0.717) is 30.9 Å². The van der Waals surface area contributed by atoms with Gasteiger partial charge in [0, 0.05) is 25.7 Å². The third kappa shape index (κ3) is 3.23. The molecule has 3 heterocycles. The van der Waals surface area contributed by atoms with Crippen molar-refractivity contribution in [3.8, 4) is 0 Å². The van der Waals surface area contributed by atoms with E-state index >= 15 is 0 Å². The van der Waals surface area contributed by atoms with Gasteiger partial charge in [0.25, 0.3) is 0 Å². The van der Waals surface area contributed by atoms with Crippen LogP contribution in [0, 0.1) is 12.3 Å². The van der Waals surface area contributed by atoms with Gasteiger partial charge in [-0.15, -0.1) is 0 Å². The van der Waals surface area contributed by atoms with E-state index in [4.69, 9.17) is 0 Å². The Balaban J connectivity index is 1.42. The van der Waals surface area contributed by atoms with E-state index in [-0.39, 0.29) is 17.7 Å². The quantitative estimate of drug-likeness (QED) is 0.893. The van der Waals surface area contributed by atoms with Crippen molar-refractivity contribution in [2.45, 2.75) is 70.8 Å². The maximum atomic E-state index is 13.3. The lowest BCUT2D eigenvalue weighted by molar-refractivity contribution is -0.149. The first-order valence-electron chi connectivity index (χ1n) is 10.0. The Bertz CT molecular complexity index is 681. The van der Waals surface area contributed by atoms with Crippen LogP contribution < -0.4 is 0 Å². The number of hydrogen-bond donors (Lipinski definition) is 1. The molecular weight excluding hydrogens is 330 g/mol. The lowest BCUT2D eigenvalue weighted by Crippen LogP contribution is -2.54. The normalized spacial score (nSPS) is 27.5. The Morgan fingerprint density at radius 2 is 2.00 bits per heavy atom. The molecule has 142 valence electrons. The van der Waals surface area contributed by atoms with E-state index in [9.17, 15) is 9.59 Å². The number of hydrogen-bond acceptors (Lipinski definition) is 4. The van der Waals surface area contributed by atoms with E-state index in [1.165, 1.54) is 19.3 Å². The Hall–Kier alpha value is -1.92. The number of rotatable bonds is 3. The predicted molar refractivity (Wildman–Crippen MR) is 96.3 cm³/mol. The maximum Gasteiger partial charge on any atom is 0.230 e. The molecule has 1 N–H and O–H groups in total. The molecule has 4 rings (SSSR count). The Kier molecular flexibility index (Phi) is 4.71. The lowest BCUT2D eigenvalue weighted by Gasteiger charge is -2.44. The predicted octanol–water partition coefficient (Wildman–Crippen LogP) is 1.83. The maximum absolute atomic E-state index is 13.3. The lowest BCUT2D eigenvalue weighted by atomic mass is 9.77. The number of carbonyl (C=O) groups excluding carboxylic acids is 2. The monoisotopic (exact) mass is 359 g/mol. The van der Waals surface area contributed by atoms with Gasteiger partial charge in [-0.2, -0.15) is 5.10 Å². The van der Waals surface area contributed by atoms with Crippen LogP contribution in [0.2, 0.25) is 0 Å². The minimum absolute atomic E-state index is 0.0310. The zero-order chi connectivity index (χ0) is 18.1. The van der Waals surface area contributed by atoms with Crippen molar-refractivity contribution in [2.75, 3.05) is 19.6 Å². The summed E-state index contributed by atoms with van der Waals surface area (Å²) < 4.78 is 0. The molecule has 1 atom stereocenters. The number of amides is 2. The summed E-state index contributed by atoms with van der Waals surface area (Å²) >= 11 is 0. The Labute approximate surface area is 154 Å². The van der Waals surface area contributed by atoms with Gasteiger partial charge in [0.2, 0.25) is 11.8 Å². The van der Waals surface area contributed by atoms with E-state index in [1.807, 2.05) is 11.8 Å². The number of carbonyl (C=O) groups is 2. The number of H-pyrrole nitrogens is 1. The van der Waals surface area contributed by atoms with Gasteiger partial charge in [-0.05, 0) is 39.0 Å². The van der Waals surface area contributed by atoms with Gasteiger partial charge in [-0.25, -0.2) is 4.98 Å². The molecule has 1 aromatic heterocycles. The molecule has 3 fully saturated rings. The van der Waals surface area contributed by atoms with Crippen molar-refractivity contribution in [2.24, 2.45) is 5.41 Å². The van der Waals surface area contributed by atoms with Crippen LogP contribution in [0.25, 0.3) is 0 Å². The number of aryl methyl sites for hydroxylation is 1. The molecule has 7 nitrogen and oxygen atoms in total. The molecule has 1 unspecified atom stereocenters. The van der Waals surface area contributed by atoms with Crippen molar-refractivity contribution in [3.05, 3.63) is 11.6 Å². The van der Waals surface area contributed by atoms with Crippen LogP contribution in [-0.4, -0.2) is 62.5 Å². The second-order valence-corrected chi connectivity index (χ2v) is 8.25. The van der Waals surface area contributed by atoms with Gasteiger partial charge in [0.15, 0.2) is 5.82 Å². The Morgan fingerprint density at radius 3 is 2.73 bits per heavy atom. The molecule has 2 saturated heterocycles. The fraction of sp³-hybridized carbons (Fsp3) is 0.789. The molecule has 3 aliphatic rings. The Morgan fingerprint density at radius 1 is 1.19 bits per heavy atom. The van der Waals surface area contributed by atoms with Crippen molar-refractivity contribution in [3.63, 3.8) is 0 Å². The molecule has 1 spiro atoms. The van der Waals surface area contributed by atoms with Crippen molar-refractivity contribution < 1.29 is 9.59 Å². The number of likely N-dealkylation sites (tertiary alicyclic amines) is 2. The molecule has 0 aromatic carbocycles. The molecular formula is C19H29N5O2. The first-order chi connectivity index (χ1) is 12.6. The highest BCUT2D eigenvalue weighted by Gasteiger charge is 2.50. The van der Waals surface area contributed by atoms with Crippen LogP contribution in [0.5, 0.6) is 0 Å². The highest BCUT2D eigenvalue weighted by molar-refractivity contribution is 5.86. The highest BCUT2D eigenvalue weighted by atomic mass is 16.2. The largest absolute Gasteiger partial charge is 0.341 e. The third-order valence-electron chi connectivity index (χ3n) is 6.44. The number of aromatic amines is 1. The van der Waals surface area contributed by atoms with Crippen LogP contribution in [0.3, 0.4) is 0 Å². The summed E-state index contributed by atoms with van der Waals surface area (Å²) in [6, 6.07) is 0.425. The van der Waals surface area contributed by atoms with E-state index < -0.39 is 0 Å². The molecule has 0 radical (unpaired) electrons. The van der Waals surface area contributed by atoms with Crippen molar-refractivity contribution >= 4 is 11.8 Å². The summed E-state index contributed by atoms with van der Waals surface area (Å²) in [6.45, 7) is 3.96. The van der Waals surface area contributed by atoms with Crippen LogP contribution in [-0.2, 0) is 16.0 Å². The zero-order valence-electron chi connectivity index (χ0n) is 15.7. The van der Waals surface area contributed by atoms with E-state index in [0.717, 1.165) is 44.5 Å². The summed E-state index contributed by atoms with van der Waals surface area (Å²) in [7, 11) is 0. The highest BCUT2D eigenvalue weighted by Crippen LogP contribution is 2.42. The van der Waals surface area contributed by atoms with Crippen LogP contribution in [0.1, 0.15) is 63.0 Å².